The van der Waals surface area contributed by atoms with Gasteiger partial charge in [0.2, 0.25) is 5.82 Å². The second kappa shape index (κ2) is 4.39. The number of nitro groups is 1. The summed E-state index contributed by atoms with van der Waals surface area (Å²) in [5, 5.41) is 10.2. The quantitative estimate of drug-likeness (QED) is 0.503. The number of nitrogens with two attached hydrogens (primary N) is 1. The molecule has 1 aromatic rings. The molecule has 6 nitrogen and oxygen atoms in total. The van der Waals surface area contributed by atoms with Crippen molar-refractivity contribution in [1.29, 1.82) is 0 Å². The van der Waals surface area contributed by atoms with Gasteiger partial charge in [0.25, 0.3) is 5.82 Å². The molecular formula is C7H5F4N3O3. The van der Waals surface area contributed by atoms with Gasteiger partial charge in [-0.15, -0.1) is 0 Å². The van der Waals surface area contributed by atoms with Crippen LogP contribution in [0.5, 0.6) is 5.75 Å². The van der Waals surface area contributed by atoms with Gasteiger partial charge in [-0.1, -0.05) is 0 Å². The largest absolute Gasteiger partial charge is 0.478 e. The monoisotopic (exact) mass is 255 g/mol. The average Bonchev–Trinajstić information content (AvgIpc) is 2.17. The van der Waals surface area contributed by atoms with Crippen LogP contribution in [-0.4, -0.2) is 22.7 Å². The molecule has 1 aromatic heterocycles. The Morgan fingerprint density at radius 1 is 1.53 bits per heavy atom. The summed E-state index contributed by atoms with van der Waals surface area (Å²) in [6, 6.07) is 0.381. The van der Waals surface area contributed by atoms with Gasteiger partial charge < -0.3 is 20.6 Å². The van der Waals surface area contributed by atoms with Crippen LogP contribution in [0.3, 0.4) is 0 Å². The molecule has 0 spiro atoms. The number of aromatic nitrogens is 1. The Morgan fingerprint density at radius 2 is 2.12 bits per heavy atom. The molecule has 0 unspecified atom stereocenters. The number of nitrogens with zero attached hydrogens (tertiary/aromatic N) is 2. The molecule has 0 bridgehead atoms. The van der Waals surface area contributed by atoms with Gasteiger partial charge in [-0.3, -0.25) is 0 Å². The maximum absolute atomic E-state index is 13.0. The van der Waals surface area contributed by atoms with E-state index in [0.717, 1.165) is 0 Å². The SMILES string of the molecule is Nc1nc([N+](=O)[O-])c(F)cc1OCC(F)(F)F. The molecule has 17 heavy (non-hydrogen) atoms. The van der Waals surface area contributed by atoms with Gasteiger partial charge >= 0.3 is 12.0 Å². The predicted molar refractivity (Wildman–Crippen MR) is 46.8 cm³/mol. The summed E-state index contributed by atoms with van der Waals surface area (Å²) in [5.74, 6) is -4.00. The molecule has 10 heteroatoms. The first kappa shape index (κ1) is 12.9. The smallest absolute Gasteiger partial charge is 0.422 e. The number of hydrogen-bond acceptors (Lipinski definition) is 5. The molecule has 0 aliphatic carbocycles. The van der Waals surface area contributed by atoms with Crippen LogP contribution in [0.4, 0.5) is 29.2 Å². The van der Waals surface area contributed by atoms with Crippen LogP contribution in [-0.2, 0) is 0 Å². The van der Waals surface area contributed by atoms with Crippen LogP contribution >= 0.6 is 0 Å². The first-order chi connectivity index (χ1) is 7.70. The van der Waals surface area contributed by atoms with Crippen molar-refractivity contribution in [3.8, 4) is 5.75 Å². The van der Waals surface area contributed by atoms with E-state index >= 15 is 0 Å². The molecule has 0 saturated heterocycles. The highest BCUT2D eigenvalue weighted by Crippen LogP contribution is 2.27. The summed E-state index contributed by atoms with van der Waals surface area (Å²) in [6.07, 6.45) is -4.63. The van der Waals surface area contributed by atoms with Crippen molar-refractivity contribution in [3.05, 3.63) is 22.0 Å². The third-order valence-corrected chi connectivity index (χ3v) is 1.51. The van der Waals surface area contributed by atoms with Crippen molar-refractivity contribution in [2.75, 3.05) is 12.3 Å². The Bertz CT molecular complexity index is 449. The van der Waals surface area contributed by atoms with E-state index in [2.05, 4.69) is 9.72 Å². The standard InChI is InChI=1S/C7H5F4N3O3/c8-3-1-4(17-2-7(9,10)11)5(12)13-6(3)14(15)16/h1H,2H2,(H2,12,13). The van der Waals surface area contributed by atoms with Gasteiger partial charge in [-0.2, -0.15) is 17.6 Å². The van der Waals surface area contributed by atoms with Gasteiger partial charge in [0, 0.05) is 6.07 Å². The second-order valence-electron chi connectivity index (χ2n) is 2.84. The summed E-state index contributed by atoms with van der Waals surface area (Å²) in [4.78, 5) is 12.1. The lowest BCUT2D eigenvalue weighted by atomic mass is 10.4. The predicted octanol–water partition coefficient (Wildman–Crippen LogP) is 1.65. The number of halogens is 4. The highest BCUT2D eigenvalue weighted by molar-refractivity contribution is 5.49. The van der Waals surface area contributed by atoms with E-state index in [9.17, 15) is 27.7 Å². The van der Waals surface area contributed by atoms with Crippen molar-refractivity contribution < 1.29 is 27.2 Å². The first-order valence-electron chi connectivity index (χ1n) is 4.00. The van der Waals surface area contributed by atoms with Crippen LogP contribution in [0, 0.1) is 15.9 Å². The summed E-state index contributed by atoms with van der Waals surface area (Å²) in [5.41, 5.74) is 5.08. The van der Waals surface area contributed by atoms with E-state index in [-0.39, 0.29) is 0 Å². The Balaban J connectivity index is 2.96. The van der Waals surface area contributed by atoms with E-state index in [4.69, 9.17) is 5.73 Å². The van der Waals surface area contributed by atoms with Gasteiger partial charge in [0.15, 0.2) is 12.4 Å². The zero-order chi connectivity index (χ0) is 13.2. The lowest BCUT2D eigenvalue weighted by Gasteiger charge is -2.08. The third kappa shape index (κ3) is 3.43. The lowest BCUT2D eigenvalue weighted by molar-refractivity contribution is -0.392. The van der Waals surface area contributed by atoms with E-state index < -0.39 is 40.9 Å². The van der Waals surface area contributed by atoms with Crippen molar-refractivity contribution >= 4 is 11.6 Å². The number of rotatable bonds is 3. The van der Waals surface area contributed by atoms with Crippen LogP contribution in [0.1, 0.15) is 0 Å². The zero-order valence-corrected chi connectivity index (χ0v) is 7.99. The number of hydrogen-bond donors (Lipinski definition) is 1. The molecule has 0 aliphatic rings. The van der Waals surface area contributed by atoms with Crippen LogP contribution in [0.15, 0.2) is 6.07 Å². The minimum atomic E-state index is -4.63. The molecule has 1 rings (SSSR count). The zero-order valence-electron chi connectivity index (χ0n) is 7.99. The lowest BCUT2D eigenvalue weighted by Crippen LogP contribution is -2.20. The summed E-state index contributed by atoms with van der Waals surface area (Å²) in [6.45, 7) is -1.70. The average molecular weight is 255 g/mol. The third-order valence-electron chi connectivity index (χ3n) is 1.51. The fraction of sp³-hybridized carbons (Fsp3) is 0.286. The van der Waals surface area contributed by atoms with Gasteiger partial charge in [0.1, 0.15) is 0 Å². The fourth-order valence-electron chi connectivity index (χ4n) is 0.879. The molecule has 0 amide bonds. The van der Waals surface area contributed by atoms with Gasteiger partial charge in [-0.25, -0.2) is 0 Å². The number of pyridine rings is 1. The number of ether oxygens (including phenoxy) is 1. The Hall–Kier alpha value is -2.13. The van der Waals surface area contributed by atoms with Crippen LogP contribution < -0.4 is 10.5 Å². The Kier molecular flexibility index (Phi) is 3.34. The number of anilines is 1. The maximum Gasteiger partial charge on any atom is 0.422 e. The van der Waals surface area contributed by atoms with Crippen molar-refractivity contribution in [2.24, 2.45) is 0 Å². The Morgan fingerprint density at radius 3 is 2.59 bits per heavy atom. The minimum Gasteiger partial charge on any atom is -0.478 e. The Labute approximate surface area is 91.1 Å². The number of nitrogen functional groups attached to an aromatic ring is 1. The van der Waals surface area contributed by atoms with E-state index in [0.29, 0.717) is 6.07 Å². The van der Waals surface area contributed by atoms with E-state index in [1.165, 1.54) is 0 Å². The molecule has 0 aliphatic heterocycles. The highest BCUT2D eigenvalue weighted by atomic mass is 19.4. The van der Waals surface area contributed by atoms with Crippen LogP contribution in [0.25, 0.3) is 0 Å². The molecule has 0 atom stereocenters. The molecule has 0 aromatic carbocycles. The van der Waals surface area contributed by atoms with E-state index in [1.54, 1.807) is 0 Å². The molecule has 0 saturated carbocycles. The normalized spacial score (nSPS) is 11.3. The maximum atomic E-state index is 13.0. The molecule has 2 N–H and O–H groups in total. The van der Waals surface area contributed by atoms with Gasteiger partial charge in [0.05, 0.1) is 0 Å². The highest BCUT2D eigenvalue weighted by Gasteiger charge is 2.30. The van der Waals surface area contributed by atoms with Crippen molar-refractivity contribution in [2.45, 2.75) is 6.18 Å². The first-order valence-corrected chi connectivity index (χ1v) is 4.00. The summed E-state index contributed by atoms with van der Waals surface area (Å²) < 4.78 is 52.5. The van der Waals surface area contributed by atoms with E-state index in [1.807, 2.05) is 0 Å². The second-order valence-corrected chi connectivity index (χ2v) is 2.84. The molecule has 0 fully saturated rings. The summed E-state index contributed by atoms with van der Waals surface area (Å²) >= 11 is 0. The molecule has 0 radical (unpaired) electrons. The molecule has 1 heterocycles. The molecular weight excluding hydrogens is 250 g/mol. The van der Waals surface area contributed by atoms with Gasteiger partial charge in [-0.05, 0) is 9.91 Å². The van der Waals surface area contributed by atoms with Crippen molar-refractivity contribution in [1.82, 2.24) is 4.98 Å². The fourth-order valence-corrected chi connectivity index (χ4v) is 0.879. The minimum absolute atomic E-state index is 0.381. The molecule has 94 valence electrons. The summed E-state index contributed by atoms with van der Waals surface area (Å²) in [7, 11) is 0. The number of alkyl halides is 3. The topological polar surface area (TPSA) is 91.3 Å². The van der Waals surface area contributed by atoms with Crippen LogP contribution in [0.2, 0.25) is 0 Å². The van der Waals surface area contributed by atoms with Crippen molar-refractivity contribution in [3.63, 3.8) is 0 Å².